The molecule has 0 aliphatic heterocycles. The van der Waals surface area contributed by atoms with Gasteiger partial charge in [-0.2, -0.15) is 0 Å². The van der Waals surface area contributed by atoms with Gasteiger partial charge in [0.05, 0.1) is 0 Å². The fraction of sp³-hybridized carbons (Fsp3) is 0.400. The second-order valence-corrected chi connectivity index (χ2v) is 4.93. The van der Waals surface area contributed by atoms with Crippen LogP contribution >= 0.6 is 11.6 Å². The number of nitrogens with zero attached hydrogens (tertiary/aromatic N) is 1. The van der Waals surface area contributed by atoms with Crippen molar-refractivity contribution in [1.29, 1.82) is 0 Å². The highest BCUT2D eigenvalue weighted by Gasteiger charge is 2.14. The van der Waals surface area contributed by atoms with Gasteiger partial charge in [-0.3, -0.25) is 4.90 Å². The summed E-state index contributed by atoms with van der Waals surface area (Å²) in [6, 6.07) is 7.85. The number of halogens is 1. The molecule has 1 aromatic carbocycles. The molecule has 0 radical (unpaired) electrons. The van der Waals surface area contributed by atoms with Crippen LogP contribution in [0.5, 0.6) is 0 Å². The molecule has 104 valence electrons. The lowest BCUT2D eigenvalue weighted by Gasteiger charge is -2.24. The maximum Gasteiger partial charge on any atom is 0.331 e. The summed E-state index contributed by atoms with van der Waals surface area (Å²) in [5.41, 5.74) is 1.49. The molecule has 0 saturated carbocycles. The summed E-state index contributed by atoms with van der Waals surface area (Å²) in [6.45, 7) is 4.49. The lowest BCUT2D eigenvalue weighted by molar-refractivity contribution is -0.132. The van der Waals surface area contributed by atoms with Gasteiger partial charge in [-0.25, -0.2) is 4.79 Å². The standard InChI is InChI=1S/C15H20ClNO2/c1-4-12(15(18)19)9-10-17(3)11(2)13-7-5-6-8-14(13)16/h5-9,11H,4,10H2,1-3H3,(H,18,19). The Kier molecular flexibility index (Phi) is 6.06. The van der Waals surface area contributed by atoms with Crippen molar-refractivity contribution in [3.63, 3.8) is 0 Å². The summed E-state index contributed by atoms with van der Waals surface area (Å²) < 4.78 is 0. The zero-order valence-electron chi connectivity index (χ0n) is 11.6. The first kappa shape index (κ1) is 15.7. The molecule has 0 aliphatic carbocycles. The maximum absolute atomic E-state index is 10.9. The lowest BCUT2D eigenvalue weighted by atomic mass is 10.1. The summed E-state index contributed by atoms with van der Waals surface area (Å²) in [6.07, 6.45) is 2.29. The second-order valence-electron chi connectivity index (χ2n) is 4.53. The van der Waals surface area contributed by atoms with Gasteiger partial charge in [0.15, 0.2) is 0 Å². The van der Waals surface area contributed by atoms with E-state index in [1.165, 1.54) is 0 Å². The number of rotatable bonds is 6. The number of benzene rings is 1. The Bertz CT molecular complexity index is 471. The Labute approximate surface area is 119 Å². The monoisotopic (exact) mass is 281 g/mol. The number of carboxylic acids is 1. The predicted octanol–water partition coefficient (Wildman–Crippen LogP) is 3.75. The molecule has 4 heteroatoms. The van der Waals surface area contributed by atoms with E-state index >= 15 is 0 Å². The zero-order chi connectivity index (χ0) is 14.4. The molecule has 1 aromatic rings. The fourth-order valence-corrected chi connectivity index (χ4v) is 2.14. The van der Waals surface area contributed by atoms with E-state index in [1.807, 2.05) is 38.2 Å². The molecule has 0 aliphatic rings. The highest BCUT2D eigenvalue weighted by molar-refractivity contribution is 6.31. The van der Waals surface area contributed by atoms with Crippen LogP contribution in [-0.2, 0) is 4.79 Å². The smallest absolute Gasteiger partial charge is 0.331 e. The van der Waals surface area contributed by atoms with Crippen LogP contribution in [-0.4, -0.2) is 29.6 Å². The Balaban J connectivity index is 2.76. The second kappa shape index (κ2) is 7.31. The number of likely N-dealkylation sites (N-methyl/N-ethyl adjacent to an activating group) is 1. The van der Waals surface area contributed by atoms with Crippen LogP contribution in [0.3, 0.4) is 0 Å². The van der Waals surface area contributed by atoms with Gasteiger partial charge in [0.1, 0.15) is 0 Å². The van der Waals surface area contributed by atoms with Crippen LogP contribution in [0.15, 0.2) is 35.9 Å². The van der Waals surface area contributed by atoms with Crippen molar-refractivity contribution in [2.24, 2.45) is 0 Å². The van der Waals surface area contributed by atoms with Crippen molar-refractivity contribution in [2.45, 2.75) is 26.3 Å². The van der Waals surface area contributed by atoms with Gasteiger partial charge < -0.3 is 5.11 Å². The van der Waals surface area contributed by atoms with E-state index in [0.717, 1.165) is 10.6 Å². The van der Waals surface area contributed by atoms with Crippen molar-refractivity contribution < 1.29 is 9.90 Å². The van der Waals surface area contributed by atoms with Crippen molar-refractivity contribution in [3.8, 4) is 0 Å². The minimum atomic E-state index is -0.846. The largest absolute Gasteiger partial charge is 0.478 e. The molecule has 0 bridgehead atoms. The Morgan fingerprint density at radius 3 is 2.63 bits per heavy atom. The van der Waals surface area contributed by atoms with Gasteiger partial charge in [0, 0.05) is 23.2 Å². The van der Waals surface area contributed by atoms with Crippen LogP contribution in [0.2, 0.25) is 5.02 Å². The highest BCUT2D eigenvalue weighted by Crippen LogP contribution is 2.26. The van der Waals surface area contributed by atoms with E-state index in [4.69, 9.17) is 16.7 Å². The molecular formula is C15H20ClNO2. The fourth-order valence-electron chi connectivity index (χ4n) is 1.85. The van der Waals surface area contributed by atoms with Crippen molar-refractivity contribution in [3.05, 3.63) is 46.5 Å². The molecule has 1 unspecified atom stereocenters. The molecule has 3 nitrogen and oxygen atoms in total. The highest BCUT2D eigenvalue weighted by atomic mass is 35.5. The summed E-state index contributed by atoms with van der Waals surface area (Å²) in [4.78, 5) is 13.0. The van der Waals surface area contributed by atoms with Crippen molar-refractivity contribution in [2.75, 3.05) is 13.6 Å². The maximum atomic E-state index is 10.9. The molecule has 0 aromatic heterocycles. The van der Waals surface area contributed by atoms with Crippen LogP contribution in [0.25, 0.3) is 0 Å². The van der Waals surface area contributed by atoms with Crippen molar-refractivity contribution in [1.82, 2.24) is 4.90 Å². The van der Waals surface area contributed by atoms with Gasteiger partial charge >= 0.3 is 5.97 Å². The van der Waals surface area contributed by atoms with E-state index in [1.54, 1.807) is 6.08 Å². The summed E-state index contributed by atoms with van der Waals surface area (Å²) >= 11 is 6.17. The average Bonchev–Trinajstić information content (AvgIpc) is 2.38. The SMILES string of the molecule is CCC(=CCN(C)C(C)c1ccccc1Cl)C(=O)O. The summed E-state index contributed by atoms with van der Waals surface area (Å²) in [5, 5.41) is 9.71. The zero-order valence-corrected chi connectivity index (χ0v) is 12.3. The van der Waals surface area contributed by atoms with Crippen molar-refractivity contribution >= 4 is 17.6 Å². The molecule has 0 fully saturated rings. The molecule has 1 rings (SSSR count). The Hall–Kier alpha value is -1.32. The molecular weight excluding hydrogens is 262 g/mol. The van der Waals surface area contributed by atoms with Crippen LogP contribution in [0.4, 0.5) is 0 Å². The molecule has 0 heterocycles. The predicted molar refractivity (Wildman–Crippen MR) is 78.5 cm³/mol. The Morgan fingerprint density at radius 1 is 1.47 bits per heavy atom. The minimum absolute atomic E-state index is 0.136. The lowest BCUT2D eigenvalue weighted by Crippen LogP contribution is -2.23. The molecule has 19 heavy (non-hydrogen) atoms. The third-order valence-electron chi connectivity index (χ3n) is 3.30. The quantitative estimate of drug-likeness (QED) is 0.807. The van der Waals surface area contributed by atoms with Crippen LogP contribution in [0, 0.1) is 0 Å². The normalized spacial score (nSPS) is 13.6. The van der Waals surface area contributed by atoms with Gasteiger partial charge in [-0.1, -0.05) is 42.8 Å². The van der Waals surface area contributed by atoms with E-state index in [-0.39, 0.29) is 6.04 Å². The molecule has 1 atom stereocenters. The summed E-state index contributed by atoms with van der Waals surface area (Å²) in [5.74, 6) is -0.846. The molecule has 0 amide bonds. The number of hydrogen-bond acceptors (Lipinski definition) is 2. The topological polar surface area (TPSA) is 40.5 Å². The molecule has 1 N–H and O–H groups in total. The minimum Gasteiger partial charge on any atom is -0.478 e. The number of carboxylic acid groups (broad SMARTS) is 1. The van der Waals surface area contributed by atoms with E-state index in [9.17, 15) is 4.79 Å². The van der Waals surface area contributed by atoms with E-state index in [0.29, 0.717) is 18.5 Å². The average molecular weight is 282 g/mol. The van der Waals surface area contributed by atoms with E-state index in [2.05, 4.69) is 11.8 Å². The molecule has 0 spiro atoms. The van der Waals surface area contributed by atoms with Crippen LogP contribution in [0.1, 0.15) is 31.9 Å². The van der Waals surface area contributed by atoms with E-state index < -0.39 is 5.97 Å². The first-order valence-electron chi connectivity index (χ1n) is 6.34. The number of aliphatic carboxylic acids is 1. The number of hydrogen-bond donors (Lipinski definition) is 1. The van der Waals surface area contributed by atoms with Gasteiger partial charge in [-0.15, -0.1) is 0 Å². The molecule has 0 saturated heterocycles. The third kappa shape index (κ3) is 4.37. The third-order valence-corrected chi connectivity index (χ3v) is 3.64. The first-order chi connectivity index (χ1) is 8.97. The van der Waals surface area contributed by atoms with Crippen LogP contribution < -0.4 is 0 Å². The summed E-state index contributed by atoms with van der Waals surface area (Å²) in [7, 11) is 1.96. The van der Waals surface area contributed by atoms with Gasteiger partial charge in [-0.05, 0) is 32.0 Å². The van der Waals surface area contributed by atoms with Gasteiger partial charge in [0.25, 0.3) is 0 Å². The first-order valence-corrected chi connectivity index (χ1v) is 6.72. The number of carbonyl (C=O) groups is 1. The van der Waals surface area contributed by atoms with Gasteiger partial charge in [0.2, 0.25) is 0 Å². The Morgan fingerprint density at radius 2 is 2.11 bits per heavy atom.